The van der Waals surface area contributed by atoms with Gasteiger partial charge < -0.3 is 4.74 Å². The van der Waals surface area contributed by atoms with E-state index in [-0.39, 0.29) is 31.1 Å². The molecule has 1 saturated heterocycles. The Bertz CT molecular complexity index is 227. The van der Waals surface area contributed by atoms with Crippen LogP contribution in [0.5, 0.6) is 0 Å². The molecule has 0 aromatic carbocycles. The predicted octanol–water partition coefficient (Wildman–Crippen LogP) is 0.920. The van der Waals surface area contributed by atoms with E-state index in [4.69, 9.17) is 10.3 Å². The Hall–Kier alpha value is -0.530. The molecule has 1 aliphatic rings. The van der Waals surface area contributed by atoms with Crippen LogP contribution in [0, 0.1) is 0 Å². The van der Waals surface area contributed by atoms with Crippen LogP contribution in [0.3, 0.4) is 0 Å². The third-order valence-corrected chi connectivity index (χ3v) is 2.40. The number of rotatable bonds is 2. The lowest BCUT2D eigenvalue weighted by Gasteiger charge is -2.25. The third kappa shape index (κ3) is 2.23. The zero-order chi connectivity index (χ0) is 8.97. The van der Waals surface area contributed by atoms with Crippen molar-refractivity contribution in [2.24, 2.45) is 5.11 Å². The highest BCUT2D eigenvalue weighted by atomic mass is 127. The van der Waals surface area contributed by atoms with Crippen LogP contribution in [0.1, 0.15) is 6.42 Å². The Balaban J connectivity index is 2.63. The highest BCUT2D eigenvalue weighted by molar-refractivity contribution is 14.1. The summed E-state index contributed by atoms with van der Waals surface area (Å²) in [4.78, 5) is 13.4. The second kappa shape index (κ2) is 4.48. The van der Waals surface area contributed by atoms with Crippen molar-refractivity contribution in [1.29, 1.82) is 0 Å². The Labute approximate surface area is 82.8 Å². The monoisotopic (exact) mass is 282 g/mol. The first-order valence-electron chi connectivity index (χ1n) is 3.34. The molecule has 1 rings (SSSR count). The molecule has 0 saturated carbocycles. The second-order valence-corrected chi connectivity index (χ2v) is 3.00. The number of halogens is 1. The fraction of sp³-hybridized carbons (Fsp3) is 0.800. The van der Waals surface area contributed by atoms with Crippen molar-refractivity contribution in [2.75, 3.05) is 6.61 Å². The summed E-state index contributed by atoms with van der Waals surface area (Å²) in [5.41, 5.74) is 8.19. The summed E-state index contributed by atoms with van der Waals surface area (Å²) in [6.45, 7) is 0.269. The summed E-state index contributed by atoms with van der Waals surface area (Å²) in [6.07, 6.45) is 0.157. The first kappa shape index (κ1) is 9.56. The molecule has 0 aromatic rings. The van der Waals surface area contributed by atoms with Crippen molar-refractivity contribution >= 4 is 28.8 Å². The minimum Gasteiger partial charge on any atom is -0.464 e. The molecule has 0 aliphatic carbocycles. The summed E-state index contributed by atoms with van der Waals surface area (Å²) < 4.78 is 7.66. The Morgan fingerprint density at radius 2 is 2.58 bits per heavy atom. The van der Waals surface area contributed by atoms with Gasteiger partial charge in [-0.2, -0.15) is 0 Å². The maximum Gasteiger partial charge on any atom is 0.306 e. The normalized spacial score (nSPS) is 28.9. The van der Waals surface area contributed by atoms with E-state index >= 15 is 0 Å². The Morgan fingerprint density at radius 3 is 3.17 bits per heavy atom. The molecule has 1 N–H and O–H groups in total. The molecule has 66 valence electrons. The minimum absolute atomic E-state index is 0.0702. The maximum absolute atomic E-state index is 10.8. The fourth-order valence-corrected chi connectivity index (χ4v) is 1.55. The van der Waals surface area contributed by atoms with Crippen molar-refractivity contribution in [3.8, 4) is 0 Å². The quantitative estimate of drug-likeness (QED) is 0.204. The van der Waals surface area contributed by atoms with Gasteiger partial charge in [-0.3, -0.25) is 8.32 Å². The highest BCUT2D eigenvalue weighted by Crippen LogP contribution is 2.13. The lowest BCUT2D eigenvalue weighted by molar-refractivity contribution is -0.148. The molecule has 0 radical (unpaired) electrons. The van der Waals surface area contributed by atoms with Crippen molar-refractivity contribution in [3.05, 3.63) is 10.4 Å². The molecule has 1 heterocycles. The number of nitrogens with zero attached hydrogens (tertiary/aromatic N) is 3. The standard InChI is InChI=1S/C5H7IN4O2/c6-8-4-2-12-5(11)1-3(4)9-10-7/h3-4,8H,1-2H2/t3-,4-/m1/s1. The number of azide groups is 1. The zero-order valence-electron chi connectivity index (χ0n) is 6.11. The van der Waals surface area contributed by atoms with E-state index in [0.29, 0.717) is 0 Å². The fourth-order valence-electron chi connectivity index (χ4n) is 0.958. The summed E-state index contributed by atoms with van der Waals surface area (Å²) in [7, 11) is 0. The van der Waals surface area contributed by atoms with Crippen molar-refractivity contribution < 1.29 is 9.53 Å². The molecule has 7 heteroatoms. The van der Waals surface area contributed by atoms with Crippen LogP contribution in [0.2, 0.25) is 0 Å². The number of carbonyl (C=O) groups is 1. The van der Waals surface area contributed by atoms with Crippen LogP contribution in [0.4, 0.5) is 0 Å². The second-order valence-electron chi connectivity index (χ2n) is 2.37. The Kier molecular flexibility index (Phi) is 3.57. The summed E-state index contributed by atoms with van der Waals surface area (Å²) in [6, 6.07) is -0.396. The van der Waals surface area contributed by atoms with Gasteiger partial charge in [-0.05, 0) is 5.53 Å². The molecule has 2 atom stereocenters. The van der Waals surface area contributed by atoms with E-state index < -0.39 is 0 Å². The van der Waals surface area contributed by atoms with Gasteiger partial charge >= 0.3 is 5.97 Å². The predicted molar refractivity (Wildman–Crippen MR) is 49.5 cm³/mol. The van der Waals surface area contributed by atoms with Gasteiger partial charge in [0.15, 0.2) is 0 Å². The highest BCUT2D eigenvalue weighted by Gasteiger charge is 2.28. The van der Waals surface area contributed by atoms with E-state index in [1.807, 2.05) is 22.9 Å². The molecular formula is C5H7IN4O2. The van der Waals surface area contributed by atoms with E-state index in [9.17, 15) is 4.79 Å². The molecule has 0 aromatic heterocycles. The van der Waals surface area contributed by atoms with Gasteiger partial charge in [0.2, 0.25) is 0 Å². The van der Waals surface area contributed by atoms with Crippen LogP contribution in [-0.2, 0) is 9.53 Å². The van der Waals surface area contributed by atoms with Crippen LogP contribution in [0.15, 0.2) is 5.11 Å². The number of esters is 1. The lowest BCUT2D eigenvalue weighted by Crippen LogP contribution is -2.43. The number of ether oxygens (including phenoxy) is 1. The largest absolute Gasteiger partial charge is 0.464 e. The SMILES string of the molecule is [N-]=[N+]=N[C@@H]1CC(=O)OC[C@H]1NI. The number of cyclic esters (lactones) is 1. The molecule has 1 aliphatic heterocycles. The van der Waals surface area contributed by atoms with Crippen molar-refractivity contribution in [3.63, 3.8) is 0 Å². The summed E-state index contributed by atoms with van der Waals surface area (Å²) in [5.74, 6) is -0.310. The molecule has 0 spiro atoms. The number of nitrogens with one attached hydrogen (secondary N) is 1. The first-order chi connectivity index (χ1) is 5.77. The molecular weight excluding hydrogens is 275 g/mol. The molecule has 12 heavy (non-hydrogen) atoms. The molecule has 1 fully saturated rings. The third-order valence-electron chi connectivity index (χ3n) is 1.60. The lowest BCUT2D eigenvalue weighted by atomic mass is 10.1. The average molecular weight is 282 g/mol. The van der Waals surface area contributed by atoms with Gasteiger partial charge in [0.05, 0.1) is 18.5 Å². The Morgan fingerprint density at radius 1 is 1.83 bits per heavy atom. The summed E-state index contributed by atoms with van der Waals surface area (Å²) >= 11 is 1.94. The molecule has 0 bridgehead atoms. The van der Waals surface area contributed by atoms with E-state index in [1.54, 1.807) is 0 Å². The summed E-state index contributed by atoms with van der Waals surface area (Å²) in [5, 5.41) is 3.50. The van der Waals surface area contributed by atoms with E-state index in [2.05, 4.69) is 13.6 Å². The van der Waals surface area contributed by atoms with Crippen LogP contribution in [0.25, 0.3) is 10.4 Å². The van der Waals surface area contributed by atoms with Gasteiger partial charge in [-0.1, -0.05) is 5.11 Å². The molecule has 6 nitrogen and oxygen atoms in total. The molecule has 0 unspecified atom stereocenters. The van der Waals surface area contributed by atoms with Gasteiger partial charge in [0.1, 0.15) is 6.61 Å². The van der Waals surface area contributed by atoms with Crippen LogP contribution in [-0.4, -0.2) is 24.7 Å². The van der Waals surface area contributed by atoms with Crippen LogP contribution < -0.4 is 3.53 Å². The van der Waals surface area contributed by atoms with Crippen molar-refractivity contribution in [1.82, 2.24) is 3.53 Å². The van der Waals surface area contributed by atoms with Gasteiger partial charge in [0, 0.05) is 27.8 Å². The zero-order valence-corrected chi connectivity index (χ0v) is 8.26. The van der Waals surface area contributed by atoms with E-state index in [0.717, 1.165) is 0 Å². The van der Waals surface area contributed by atoms with Gasteiger partial charge in [-0.15, -0.1) is 0 Å². The first-order valence-corrected chi connectivity index (χ1v) is 4.41. The average Bonchev–Trinajstić information content (AvgIpc) is 2.05. The molecule has 0 amide bonds. The number of hydrogen-bond donors (Lipinski definition) is 1. The number of carbonyl (C=O) groups excluding carboxylic acids is 1. The minimum atomic E-state index is -0.326. The van der Waals surface area contributed by atoms with Crippen molar-refractivity contribution in [2.45, 2.75) is 18.5 Å². The topological polar surface area (TPSA) is 87.1 Å². The maximum atomic E-state index is 10.8. The number of hydrogen-bond acceptors (Lipinski definition) is 4. The van der Waals surface area contributed by atoms with Crippen LogP contribution >= 0.6 is 22.9 Å². The van der Waals surface area contributed by atoms with Gasteiger partial charge in [-0.25, -0.2) is 0 Å². The smallest absolute Gasteiger partial charge is 0.306 e. The van der Waals surface area contributed by atoms with Gasteiger partial charge in [0.25, 0.3) is 0 Å². The van der Waals surface area contributed by atoms with E-state index in [1.165, 1.54) is 0 Å².